The maximum absolute atomic E-state index is 12.6. The Morgan fingerprint density at radius 2 is 1.93 bits per heavy atom. The van der Waals surface area contributed by atoms with Gasteiger partial charge in [-0.3, -0.25) is 14.3 Å². The normalized spacial score (nSPS) is 15.3. The van der Waals surface area contributed by atoms with Crippen molar-refractivity contribution >= 4 is 21.6 Å². The van der Waals surface area contributed by atoms with Crippen molar-refractivity contribution < 1.29 is 22.2 Å². The highest BCUT2D eigenvalue weighted by Crippen LogP contribution is 2.24. The lowest BCUT2D eigenvalue weighted by atomic mass is 10.2. The van der Waals surface area contributed by atoms with Gasteiger partial charge in [0, 0.05) is 24.3 Å². The van der Waals surface area contributed by atoms with Crippen molar-refractivity contribution in [2.75, 3.05) is 18.4 Å². The number of hydrogen-bond acceptors (Lipinski definition) is 7. The molecule has 2 aromatic heterocycles. The summed E-state index contributed by atoms with van der Waals surface area (Å²) < 4.78 is 36.5. The fourth-order valence-electron chi connectivity index (χ4n) is 3.10. The van der Waals surface area contributed by atoms with Crippen LogP contribution in [0.2, 0.25) is 0 Å². The molecule has 29 heavy (non-hydrogen) atoms. The van der Waals surface area contributed by atoms with Gasteiger partial charge in [0.25, 0.3) is 15.9 Å². The van der Waals surface area contributed by atoms with E-state index < -0.39 is 21.7 Å². The molecule has 3 heterocycles. The van der Waals surface area contributed by atoms with E-state index in [0.717, 1.165) is 19.3 Å². The molecule has 0 bridgehead atoms. The summed E-state index contributed by atoms with van der Waals surface area (Å²) in [6.07, 6.45) is 2.61. The Hall–Kier alpha value is -3.18. The van der Waals surface area contributed by atoms with Gasteiger partial charge in [0.2, 0.25) is 5.09 Å². The number of nitrogens with one attached hydrogen (secondary N) is 2. The van der Waals surface area contributed by atoms with Gasteiger partial charge in [-0.25, -0.2) is 13.2 Å². The predicted octanol–water partition coefficient (Wildman–Crippen LogP) is 2.05. The van der Waals surface area contributed by atoms with Crippen molar-refractivity contribution in [2.24, 2.45) is 0 Å². The molecule has 0 saturated carbocycles. The zero-order valence-electron chi connectivity index (χ0n) is 15.3. The predicted molar refractivity (Wildman–Crippen MR) is 102 cm³/mol. The smallest absolute Gasteiger partial charge is 0.438 e. The molecular formula is C18H18N4O6S. The number of aromatic nitrogens is 2. The lowest BCUT2D eigenvalue weighted by Gasteiger charge is -2.24. The fraction of sp³-hybridized carbons (Fsp3) is 0.278. The van der Waals surface area contributed by atoms with Gasteiger partial charge < -0.3 is 9.73 Å². The number of furan rings is 1. The van der Waals surface area contributed by atoms with Crippen LogP contribution in [0.4, 0.5) is 5.69 Å². The van der Waals surface area contributed by atoms with Crippen LogP contribution in [0.1, 0.15) is 29.8 Å². The van der Waals surface area contributed by atoms with Gasteiger partial charge in [0.1, 0.15) is 0 Å². The molecule has 1 aliphatic heterocycles. The SMILES string of the molecule is O=C(Nc1cccc(-c2noc(=O)[nH]2)c1)c1ccc(S(=O)(=O)N2CCCCC2)o1. The Bertz CT molecular complexity index is 1190. The summed E-state index contributed by atoms with van der Waals surface area (Å²) in [5.41, 5.74) is 0.939. The largest absolute Gasteiger partial charge is 0.439 e. The van der Waals surface area contributed by atoms with Crippen molar-refractivity contribution in [3.05, 3.63) is 52.7 Å². The number of nitrogens with zero attached hydrogens (tertiary/aromatic N) is 2. The first kappa shape index (κ1) is 19.2. The summed E-state index contributed by atoms with van der Waals surface area (Å²) in [4.78, 5) is 26.0. The summed E-state index contributed by atoms with van der Waals surface area (Å²) in [7, 11) is -3.75. The van der Waals surface area contributed by atoms with Crippen molar-refractivity contribution in [2.45, 2.75) is 24.4 Å². The number of piperidine rings is 1. The van der Waals surface area contributed by atoms with E-state index in [4.69, 9.17) is 4.42 Å². The molecular weight excluding hydrogens is 400 g/mol. The molecule has 10 nitrogen and oxygen atoms in total. The van der Waals surface area contributed by atoms with E-state index in [-0.39, 0.29) is 16.7 Å². The molecule has 0 spiro atoms. The van der Waals surface area contributed by atoms with E-state index in [1.807, 2.05) is 0 Å². The van der Waals surface area contributed by atoms with Crippen LogP contribution in [0.15, 0.2) is 55.2 Å². The van der Waals surface area contributed by atoms with Crippen LogP contribution >= 0.6 is 0 Å². The van der Waals surface area contributed by atoms with Gasteiger partial charge in [0.05, 0.1) is 0 Å². The van der Waals surface area contributed by atoms with Gasteiger partial charge in [-0.1, -0.05) is 23.7 Å². The van der Waals surface area contributed by atoms with E-state index in [0.29, 0.717) is 24.3 Å². The number of hydrogen-bond donors (Lipinski definition) is 2. The van der Waals surface area contributed by atoms with Gasteiger partial charge in [-0.05, 0) is 37.1 Å². The summed E-state index contributed by atoms with van der Waals surface area (Å²) in [5, 5.41) is 5.97. The molecule has 1 amide bonds. The van der Waals surface area contributed by atoms with Crippen LogP contribution in [-0.2, 0) is 10.0 Å². The molecule has 1 saturated heterocycles. The Balaban J connectivity index is 1.50. The zero-order valence-corrected chi connectivity index (χ0v) is 16.1. The van der Waals surface area contributed by atoms with E-state index in [2.05, 4.69) is 20.0 Å². The third kappa shape index (κ3) is 4.00. The zero-order chi connectivity index (χ0) is 20.4. The highest BCUT2D eigenvalue weighted by atomic mass is 32.2. The first-order valence-corrected chi connectivity index (χ1v) is 10.5. The molecule has 0 aliphatic carbocycles. The lowest BCUT2D eigenvalue weighted by Crippen LogP contribution is -2.35. The van der Waals surface area contributed by atoms with Crippen molar-refractivity contribution in [1.82, 2.24) is 14.4 Å². The second kappa shape index (κ2) is 7.68. The summed E-state index contributed by atoms with van der Waals surface area (Å²) in [6, 6.07) is 9.17. The monoisotopic (exact) mass is 418 g/mol. The maximum Gasteiger partial charge on any atom is 0.439 e. The van der Waals surface area contributed by atoms with Crippen LogP contribution in [0, 0.1) is 0 Å². The molecule has 3 aromatic rings. The first-order chi connectivity index (χ1) is 13.9. The number of anilines is 1. The van der Waals surface area contributed by atoms with Crippen LogP contribution in [0.5, 0.6) is 0 Å². The minimum atomic E-state index is -3.75. The number of carbonyl (C=O) groups excluding carboxylic acids is 1. The molecule has 0 unspecified atom stereocenters. The third-order valence-electron chi connectivity index (χ3n) is 4.55. The number of H-pyrrole nitrogens is 1. The average Bonchev–Trinajstić information content (AvgIpc) is 3.39. The Labute approximate surface area is 165 Å². The number of carbonyl (C=O) groups is 1. The van der Waals surface area contributed by atoms with Gasteiger partial charge in [-0.2, -0.15) is 4.31 Å². The van der Waals surface area contributed by atoms with Gasteiger partial charge in [0.15, 0.2) is 11.6 Å². The molecule has 152 valence electrons. The number of sulfonamides is 1. The molecule has 2 N–H and O–H groups in total. The molecule has 11 heteroatoms. The standard InChI is InChI=1S/C18H18N4O6S/c23-17(19-13-6-4-5-12(11-13)16-20-18(24)28-21-16)14-7-8-15(27-14)29(25,26)22-9-2-1-3-10-22/h4-8,11H,1-3,9-10H2,(H,19,23)(H,20,21,24). The first-order valence-electron chi connectivity index (χ1n) is 9.01. The molecule has 0 radical (unpaired) electrons. The lowest BCUT2D eigenvalue weighted by molar-refractivity contribution is 0.0991. The minimum Gasteiger partial charge on any atom is -0.438 e. The maximum atomic E-state index is 12.6. The Morgan fingerprint density at radius 3 is 2.66 bits per heavy atom. The Kier molecular flexibility index (Phi) is 5.07. The van der Waals surface area contributed by atoms with Crippen LogP contribution in [-0.4, -0.2) is 41.9 Å². The fourth-order valence-corrected chi connectivity index (χ4v) is 4.53. The van der Waals surface area contributed by atoms with Crippen LogP contribution in [0.25, 0.3) is 11.4 Å². The quantitative estimate of drug-likeness (QED) is 0.646. The summed E-state index contributed by atoms with van der Waals surface area (Å²) >= 11 is 0. The van der Waals surface area contributed by atoms with Gasteiger partial charge in [-0.15, -0.1) is 0 Å². The van der Waals surface area contributed by atoms with E-state index >= 15 is 0 Å². The highest BCUT2D eigenvalue weighted by Gasteiger charge is 2.29. The minimum absolute atomic E-state index is 0.124. The molecule has 1 aliphatic rings. The number of benzene rings is 1. The topological polar surface area (TPSA) is 139 Å². The van der Waals surface area contributed by atoms with E-state index in [9.17, 15) is 18.0 Å². The van der Waals surface area contributed by atoms with E-state index in [1.54, 1.807) is 24.3 Å². The Morgan fingerprint density at radius 1 is 1.14 bits per heavy atom. The summed E-state index contributed by atoms with van der Waals surface area (Å²) in [6.45, 7) is 0.892. The number of amides is 1. The number of rotatable bonds is 5. The van der Waals surface area contributed by atoms with Crippen molar-refractivity contribution in [3.8, 4) is 11.4 Å². The van der Waals surface area contributed by atoms with E-state index in [1.165, 1.54) is 16.4 Å². The second-order valence-electron chi connectivity index (χ2n) is 6.56. The number of aromatic amines is 1. The van der Waals surface area contributed by atoms with Crippen molar-refractivity contribution in [1.29, 1.82) is 0 Å². The third-order valence-corrected chi connectivity index (χ3v) is 6.32. The molecule has 0 atom stereocenters. The molecule has 1 fully saturated rings. The highest BCUT2D eigenvalue weighted by molar-refractivity contribution is 7.89. The van der Waals surface area contributed by atoms with Crippen LogP contribution in [0.3, 0.4) is 0 Å². The average molecular weight is 418 g/mol. The van der Waals surface area contributed by atoms with Crippen molar-refractivity contribution in [3.63, 3.8) is 0 Å². The van der Waals surface area contributed by atoms with Gasteiger partial charge >= 0.3 is 5.76 Å². The molecule has 1 aromatic carbocycles. The summed E-state index contributed by atoms with van der Waals surface area (Å²) in [5.74, 6) is -1.19. The van der Waals surface area contributed by atoms with Crippen LogP contribution < -0.4 is 11.1 Å². The molecule has 4 rings (SSSR count). The second-order valence-corrected chi connectivity index (χ2v) is 8.43.